The number of fused-ring (bicyclic) bond motifs is 6. The number of anilines is 3. The topological polar surface area (TPSA) is 8.17 Å². The van der Waals surface area contributed by atoms with Crippen LogP contribution >= 0.6 is 0 Å². The molecule has 0 saturated heterocycles. The highest BCUT2D eigenvalue weighted by atomic mass is 15.1. The Morgan fingerprint density at radius 1 is 0.316 bits per heavy atom. The molecule has 1 aliphatic rings. The second-order valence-electron chi connectivity index (χ2n) is 20.9. The lowest BCUT2D eigenvalue weighted by molar-refractivity contribution is 0.768. The highest BCUT2D eigenvalue weighted by Gasteiger charge is 2.46. The van der Waals surface area contributed by atoms with Gasteiger partial charge in [0.05, 0.1) is 22.1 Å². The van der Waals surface area contributed by atoms with E-state index in [9.17, 15) is 0 Å². The number of rotatable bonds is 12. The highest BCUT2D eigenvalue weighted by Crippen LogP contribution is 2.58. The van der Waals surface area contributed by atoms with Crippen LogP contribution in [0.2, 0.25) is 0 Å². The van der Waals surface area contributed by atoms with Gasteiger partial charge in [-0.15, -0.1) is 0 Å². The monoisotopic (exact) mass is 1010 g/mol. The fourth-order valence-corrected chi connectivity index (χ4v) is 12.8. The lowest BCUT2D eigenvalue weighted by atomic mass is 9.67. The molecular formula is C77H58N2. The van der Waals surface area contributed by atoms with Gasteiger partial charge in [0.15, 0.2) is 0 Å². The van der Waals surface area contributed by atoms with Crippen molar-refractivity contribution in [1.29, 1.82) is 0 Å². The molecule has 0 saturated carbocycles. The second-order valence-corrected chi connectivity index (χ2v) is 20.9. The van der Waals surface area contributed by atoms with Crippen LogP contribution in [0.1, 0.15) is 47.2 Å². The van der Waals surface area contributed by atoms with Crippen molar-refractivity contribution in [1.82, 2.24) is 4.57 Å². The molecule has 14 rings (SSSR count). The molecular weight excluding hydrogens is 953 g/mol. The van der Waals surface area contributed by atoms with Crippen LogP contribution < -0.4 is 4.90 Å². The molecule has 1 aliphatic carbocycles. The summed E-state index contributed by atoms with van der Waals surface area (Å²) >= 11 is 0. The minimum absolute atomic E-state index is 0.556. The molecule has 1 aromatic heterocycles. The smallest absolute Gasteiger partial charge is 0.0714 e. The zero-order chi connectivity index (χ0) is 52.9. The maximum Gasteiger partial charge on any atom is 0.0714 e. The van der Waals surface area contributed by atoms with Crippen LogP contribution in [0.25, 0.3) is 83.1 Å². The van der Waals surface area contributed by atoms with Crippen molar-refractivity contribution in [3.8, 4) is 61.3 Å². The molecule has 79 heavy (non-hydrogen) atoms. The van der Waals surface area contributed by atoms with Gasteiger partial charge in [-0.3, -0.25) is 0 Å². The third-order valence-electron chi connectivity index (χ3n) is 16.6. The molecule has 0 atom stereocenters. The zero-order valence-electron chi connectivity index (χ0n) is 44.5. The molecule has 0 N–H and O–H groups in total. The number of para-hydroxylation sites is 1. The minimum Gasteiger partial charge on any atom is -0.309 e. The molecule has 376 valence electrons. The van der Waals surface area contributed by atoms with E-state index in [1.165, 1.54) is 88.7 Å². The molecule has 1 heterocycles. The summed E-state index contributed by atoms with van der Waals surface area (Å²) in [4.78, 5) is 2.51. The van der Waals surface area contributed by atoms with Crippen LogP contribution in [0.4, 0.5) is 17.1 Å². The average Bonchev–Trinajstić information content (AvgIpc) is 4.15. The molecule has 0 fully saturated rings. The second kappa shape index (κ2) is 20.0. The Balaban J connectivity index is 0.878. The van der Waals surface area contributed by atoms with E-state index in [4.69, 9.17) is 0 Å². The predicted octanol–water partition coefficient (Wildman–Crippen LogP) is 20.4. The van der Waals surface area contributed by atoms with E-state index in [1.807, 2.05) is 0 Å². The van der Waals surface area contributed by atoms with Crippen LogP contribution in [0.5, 0.6) is 0 Å². The fourth-order valence-electron chi connectivity index (χ4n) is 12.8. The maximum absolute atomic E-state index is 2.51. The summed E-state index contributed by atoms with van der Waals surface area (Å²) in [6, 6.07) is 108. The summed E-state index contributed by atoms with van der Waals surface area (Å²) in [5.74, 6) is 0. The number of aryl methyl sites for hydroxylation is 2. The lowest BCUT2D eigenvalue weighted by Gasteiger charge is -2.35. The van der Waals surface area contributed by atoms with Crippen LogP contribution in [0, 0.1) is 0 Å². The van der Waals surface area contributed by atoms with Gasteiger partial charge in [-0.05, 0) is 151 Å². The van der Waals surface area contributed by atoms with Gasteiger partial charge in [0.2, 0.25) is 0 Å². The van der Waals surface area contributed by atoms with Crippen LogP contribution in [0.3, 0.4) is 0 Å². The Bertz CT molecular complexity index is 4170. The predicted molar refractivity (Wildman–Crippen MR) is 333 cm³/mol. The molecule has 12 aromatic carbocycles. The standard InChI is InChI=1S/C77H58N2/c1-3-53-32-48-74-70(50-53)71-51-54(4-2)33-49-75(71)79(74)64-44-40-58(41-45-64)56-36-34-55(35-37-56)57-38-42-63(43-39-57)78(76-66(59-20-9-5-10-21-59)29-19-30-67(76)60-22-11-6-12-23-60)65-46-47-69-68-28-17-18-31-72(68)77(73(69)52-65,61-24-13-7-14-25-61)62-26-15-8-16-27-62/h5-52H,3-4H2,1-2H3. The average molecular weight is 1010 g/mol. The van der Waals surface area contributed by atoms with Gasteiger partial charge in [-0.1, -0.05) is 244 Å². The number of hydrogen-bond acceptors (Lipinski definition) is 1. The Morgan fingerprint density at radius 2 is 0.734 bits per heavy atom. The molecule has 0 unspecified atom stereocenters. The van der Waals surface area contributed by atoms with Crippen molar-refractivity contribution in [2.24, 2.45) is 0 Å². The van der Waals surface area contributed by atoms with Crippen molar-refractivity contribution in [3.63, 3.8) is 0 Å². The molecule has 0 radical (unpaired) electrons. The first kappa shape index (κ1) is 47.7. The molecule has 13 aromatic rings. The Kier molecular flexibility index (Phi) is 12.1. The number of nitrogens with zero attached hydrogens (tertiary/aromatic N) is 2. The van der Waals surface area contributed by atoms with Gasteiger partial charge in [0, 0.05) is 39.0 Å². The van der Waals surface area contributed by atoms with Gasteiger partial charge < -0.3 is 9.47 Å². The third kappa shape index (κ3) is 8.10. The Morgan fingerprint density at radius 3 is 1.24 bits per heavy atom. The maximum atomic E-state index is 2.51. The van der Waals surface area contributed by atoms with Gasteiger partial charge in [0.25, 0.3) is 0 Å². The Hall–Kier alpha value is -9.76. The molecule has 0 aliphatic heterocycles. The summed E-state index contributed by atoms with van der Waals surface area (Å²) in [6.07, 6.45) is 2.04. The number of hydrogen-bond donors (Lipinski definition) is 0. The normalized spacial score (nSPS) is 12.4. The van der Waals surface area contributed by atoms with Gasteiger partial charge in [-0.25, -0.2) is 0 Å². The molecule has 2 heteroatoms. The molecule has 0 bridgehead atoms. The van der Waals surface area contributed by atoms with E-state index in [0.29, 0.717) is 0 Å². The van der Waals surface area contributed by atoms with E-state index >= 15 is 0 Å². The van der Waals surface area contributed by atoms with Crippen molar-refractivity contribution in [2.45, 2.75) is 32.1 Å². The molecule has 0 spiro atoms. The number of benzene rings is 12. The minimum atomic E-state index is -0.556. The Labute approximate surface area is 463 Å². The zero-order valence-corrected chi connectivity index (χ0v) is 44.5. The van der Waals surface area contributed by atoms with Crippen molar-refractivity contribution < 1.29 is 0 Å². The summed E-state index contributed by atoms with van der Waals surface area (Å²) < 4.78 is 2.43. The fraction of sp³-hybridized carbons (Fsp3) is 0.0649. The number of aromatic nitrogens is 1. The van der Waals surface area contributed by atoms with E-state index in [-0.39, 0.29) is 0 Å². The van der Waals surface area contributed by atoms with Gasteiger partial charge in [-0.2, -0.15) is 0 Å². The largest absolute Gasteiger partial charge is 0.309 e. The summed E-state index contributed by atoms with van der Waals surface area (Å²) in [7, 11) is 0. The van der Waals surface area contributed by atoms with Crippen molar-refractivity contribution in [2.75, 3.05) is 4.90 Å². The van der Waals surface area contributed by atoms with Gasteiger partial charge in [0.1, 0.15) is 0 Å². The lowest BCUT2D eigenvalue weighted by Crippen LogP contribution is -2.28. The molecule has 2 nitrogen and oxygen atoms in total. The SMILES string of the molecule is CCc1ccc2c(c1)c1cc(CC)ccc1n2-c1ccc(-c2ccc(-c3ccc(N(c4ccc5c(c4)C(c4ccccc4)(c4ccccc4)c4ccccc4-5)c4c(-c5ccccc5)cccc4-c4ccccc4)cc3)cc2)cc1. The summed E-state index contributed by atoms with van der Waals surface area (Å²) in [6.45, 7) is 4.47. The first-order valence-electron chi connectivity index (χ1n) is 27.9. The summed E-state index contributed by atoms with van der Waals surface area (Å²) in [5.41, 5.74) is 26.0. The van der Waals surface area contributed by atoms with E-state index < -0.39 is 5.41 Å². The van der Waals surface area contributed by atoms with Gasteiger partial charge >= 0.3 is 0 Å². The van der Waals surface area contributed by atoms with Crippen molar-refractivity contribution in [3.05, 3.63) is 325 Å². The first-order chi connectivity index (χ1) is 39.1. The molecule has 0 amide bonds. The highest BCUT2D eigenvalue weighted by molar-refractivity contribution is 6.10. The van der Waals surface area contributed by atoms with Crippen LogP contribution in [0.15, 0.2) is 291 Å². The van der Waals surface area contributed by atoms with Crippen molar-refractivity contribution >= 4 is 38.9 Å². The van der Waals surface area contributed by atoms with Crippen LogP contribution in [-0.2, 0) is 18.3 Å². The van der Waals surface area contributed by atoms with Crippen LogP contribution in [-0.4, -0.2) is 4.57 Å². The first-order valence-corrected chi connectivity index (χ1v) is 27.9. The van der Waals surface area contributed by atoms with E-state index in [0.717, 1.165) is 57.7 Å². The third-order valence-corrected chi connectivity index (χ3v) is 16.6. The van der Waals surface area contributed by atoms with E-state index in [2.05, 4.69) is 315 Å². The summed E-state index contributed by atoms with van der Waals surface area (Å²) in [5, 5.41) is 2.64. The quantitative estimate of drug-likeness (QED) is 0.118. The van der Waals surface area contributed by atoms with E-state index in [1.54, 1.807) is 0 Å².